The quantitative estimate of drug-likeness (QED) is 0.0940. The summed E-state index contributed by atoms with van der Waals surface area (Å²) < 4.78 is 23.9. The highest BCUT2D eigenvalue weighted by atomic mass is 32.1. The molecular formula is C34H34N2O7S. The summed E-state index contributed by atoms with van der Waals surface area (Å²) in [5.74, 6) is 0.107. The topological polar surface area (TPSA) is 107 Å². The zero-order chi connectivity index (χ0) is 31.0. The molecule has 1 aromatic heterocycles. The third-order valence-corrected chi connectivity index (χ3v) is 8.80. The Morgan fingerprint density at radius 3 is 2.59 bits per heavy atom. The summed E-state index contributed by atoms with van der Waals surface area (Å²) in [6.45, 7) is 7.43. The van der Waals surface area contributed by atoms with Crippen molar-refractivity contribution in [1.29, 1.82) is 0 Å². The minimum atomic E-state index is -0.979. The number of hydrogen-bond donors (Lipinski definition) is 1. The van der Waals surface area contributed by atoms with Crippen LogP contribution in [-0.4, -0.2) is 48.7 Å². The van der Waals surface area contributed by atoms with Crippen LogP contribution in [0.4, 0.5) is 5.13 Å². The summed E-state index contributed by atoms with van der Waals surface area (Å²) in [5, 5.41) is 12.0. The van der Waals surface area contributed by atoms with E-state index in [4.69, 9.17) is 23.9 Å². The van der Waals surface area contributed by atoms with Crippen molar-refractivity contribution in [3.05, 3.63) is 76.4 Å². The van der Waals surface area contributed by atoms with Crippen LogP contribution < -0.4 is 23.8 Å². The first-order valence-electron chi connectivity index (χ1n) is 14.7. The number of ketones is 1. The number of Topliss-reactive ketones (excluding diaryl/α,β-unsaturated/α-hetero) is 1. The maximum absolute atomic E-state index is 13.8. The number of nitrogens with zero attached hydrogens (tertiary/aromatic N) is 2. The third kappa shape index (κ3) is 5.34. The highest BCUT2D eigenvalue weighted by Crippen LogP contribution is 2.47. The van der Waals surface area contributed by atoms with Gasteiger partial charge in [-0.25, -0.2) is 4.98 Å². The molecule has 2 aliphatic heterocycles. The number of hydrogen-bond acceptors (Lipinski definition) is 9. The molecule has 1 atom stereocenters. The lowest BCUT2D eigenvalue weighted by atomic mass is 9.95. The van der Waals surface area contributed by atoms with Crippen LogP contribution in [0, 0.1) is 13.8 Å². The number of ether oxygens (including phenoxy) is 4. The van der Waals surface area contributed by atoms with E-state index in [0.717, 1.165) is 40.6 Å². The highest BCUT2D eigenvalue weighted by Gasteiger charge is 2.48. The fourth-order valence-electron chi connectivity index (χ4n) is 5.66. The van der Waals surface area contributed by atoms with Crippen molar-refractivity contribution in [3.63, 3.8) is 0 Å². The monoisotopic (exact) mass is 614 g/mol. The Morgan fingerprint density at radius 1 is 1.02 bits per heavy atom. The fraction of sp³-hybridized carbons (Fsp3) is 0.324. The van der Waals surface area contributed by atoms with Gasteiger partial charge in [-0.2, -0.15) is 0 Å². The Morgan fingerprint density at radius 2 is 1.82 bits per heavy atom. The minimum absolute atomic E-state index is 0.0579. The van der Waals surface area contributed by atoms with Crippen LogP contribution in [0.2, 0.25) is 0 Å². The number of aryl methyl sites for hydroxylation is 2. The normalized spacial score (nSPS) is 17.4. The van der Waals surface area contributed by atoms with Gasteiger partial charge >= 0.3 is 5.91 Å². The van der Waals surface area contributed by atoms with E-state index in [1.807, 2.05) is 26.0 Å². The number of rotatable bonds is 9. The molecule has 0 aliphatic carbocycles. The molecule has 44 heavy (non-hydrogen) atoms. The van der Waals surface area contributed by atoms with E-state index in [1.165, 1.54) is 16.2 Å². The first-order valence-corrected chi connectivity index (χ1v) is 15.5. The van der Waals surface area contributed by atoms with E-state index in [1.54, 1.807) is 43.5 Å². The second-order valence-corrected chi connectivity index (χ2v) is 11.9. The molecule has 2 aliphatic rings. The van der Waals surface area contributed by atoms with E-state index < -0.39 is 17.7 Å². The molecule has 0 radical (unpaired) electrons. The van der Waals surface area contributed by atoms with Crippen molar-refractivity contribution < 1.29 is 33.6 Å². The number of benzene rings is 3. The van der Waals surface area contributed by atoms with E-state index in [2.05, 4.69) is 6.92 Å². The number of carbonyl (C=O) groups excluding carboxylic acids is 2. The number of aliphatic hydroxyl groups is 1. The summed E-state index contributed by atoms with van der Waals surface area (Å²) in [4.78, 5) is 33.8. The van der Waals surface area contributed by atoms with Crippen molar-refractivity contribution in [3.8, 4) is 23.0 Å². The van der Waals surface area contributed by atoms with Crippen molar-refractivity contribution in [1.82, 2.24) is 4.98 Å². The number of aliphatic hydroxyl groups excluding tert-OH is 1. The van der Waals surface area contributed by atoms with Crippen molar-refractivity contribution in [2.24, 2.45) is 0 Å². The molecule has 4 aromatic rings. The Kier molecular flexibility index (Phi) is 8.18. The van der Waals surface area contributed by atoms with Crippen LogP contribution in [-0.2, 0) is 9.59 Å². The standard InChI is InChI=1S/C34H34N2O7S/c1-5-6-7-12-41-23-10-8-21(17-25(23)40-4)30-28(31(37)22-9-11-24-26(18-22)43-14-13-42-24)32(38)33(39)36(30)34-35-29-20(3)15-19(2)16-27(29)44-34/h8-11,15-18,30,37H,5-7,12-14H2,1-4H3. The molecule has 1 N–H and O–H groups in total. The second kappa shape index (κ2) is 12.2. The first-order chi connectivity index (χ1) is 21.3. The van der Waals surface area contributed by atoms with Gasteiger partial charge in [0.05, 0.1) is 35.5 Å². The fourth-order valence-corrected chi connectivity index (χ4v) is 6.83. The molecule has 228 valence electrons. The number of aromatic nitrogens is 1. The summed E-state index contributed by atoms with van der Waals surface area (Å²) >= 11 is 1.33. The van der Waals surface area contributed by atoms with Gasteiger partial charge in [-0.3, -0.25) is 14.5 Å². The van der Waals surface area contributed by atoms with Gasteiger partial charge in [0, 0.05) is 5.56 Å². The smallest absolute Gasteiger partial charge is 0.301 e. The van der Waals surface area contributed by atoms with Gasteiger partial charge in [0.2, 0.25) is 0 Å². The number of unbranched alkanes of at least 4 members (excludes halogenated alkanes) is 2. The summed E-state index contributed by atoms with van der Waals surface area (Å²) in [5.41, 5.74) is 3.64. The van der Waals surface area contributed by atoms with Gasteiger partial charge in [0.25, 0.3) is 5.78 Å². The summed E-state index contributed by atoms with van der Waals surface area (Å²) in [6.07, 6.45) is 3.04. The van der Waals surface area contributed by atoms with Gasteiger partial charge in [0.15, 0.2) is 28.1 Å². The Labute approximate surface area is 259 Å². The SMILES string of the molecule is CCCCCOc1ccc(C2C(=C(O)c3ccc4c(c3)OCCO4)C(=O)C(=O)N2c2nc3c(C)cc(C)cc3s2)cc1OC. The van der Waals surface area contributed by atoms with Crippen LogP contribution in [0.5, 0.6) is 23.0 Å². The average Bonchev–Trinajstić information content (AvgIpc) is 3.56. The largest absolute Gasteiger partial charge is 0.507 e. The van der Waals surface area contributed by atoms with Gasteiger partial charge < -0.3 is 24.1 Å². The molecule has 1 unspecified atom stereocenters. The number of amides is 1. The molecule has 3 aromatic carbocycles. The maximum atomic E-state index is 13.8. The number of anilines is 1. The minimum Gasteiger partial charge on any atom is -0.507 e. The highest BCUT2D eigenvalue weighted by molar-refractivity contribution is 7.22. The van der Waals surface area contributed by atoms with Gasteiger partial charge in [0.1, 0.15) is 19.0 Å². The predicted molar refractivity (Wildman–Crippen MR) is 169 cm³/mol. The summed E-state index contributed by atoms with van der Waals surface area (Å²) in [7, 11) is 1.54. The molecule has 0 saturated carbocycles. The van der Waals surface area contributed by atoms with E-state index in [-0.39, 0.29) is 11.3 Å². The molecule has 6 rings (SSSR count). The molecular weight excluding hydrogens is 580 g/mol. The lowest BCUT2D eigenvalue weighted by Crippen LogP contribution is -2.29. The second-order valence-electron chi connectivity index (χ2n) is 10.9. The molecule has 1 saturated heterocycles. The molecule has 0 bridgehead atoms. The Balaban J connectivity index is 1.50. The zero-order valence-electron chi connectivity index (χ0n) is 25.1. The molecule has 1 fully saturated rings. The van der Waals surface area contributed by atoms with Gasteiger partial charge in [-0.05, 0) is 73.4 Å². The molecule has 3 heterocycles. The first kappa shape index (κ1) is 29.5. The van der Waals surface area contributed by atoms with Crippen LogP contribution >= 0.6 is 11.3 Å². The molecule has 1 amide bonds. The van der Waals surface area contributed by atoms with Crippen LogP contribution in [0.15, 0.2) is 54.1 Å². The van der Waals surface area contributed by atoms with Crippen molar-refractivity contribution in [2.75, 3.05) is 31.8 Å². The van der Waals surface area contributed by atoms with Crippen molar-refractivity contribution >= 4 is 44.1 Å². The predicted octanol–water partition coefficient (Wildman–Crippen LogP) is 6.89. The molecule has 10 heteroatoms. The number of fused-ring (bicyclic) bond motifs is 2. The number of carbonyl (C=O) groups is 2. The number of methoxy groups -OCH3 is 1. The number of thiazole rings is 1. The summed E-state index contributed by atoms with van der Waals surface area (Å²) in [6, 6.07) is 13.3. The van der Waals surface area contributed by atoms with Crippen LogP contribution in [0.1, 0.15) is 54.5 Å². The lowest BCUT2D eigenvalue weighted by molar-refractivity contribution is -0.132. The van der Waals surface area contributed by atoms with Gasteiger partial charge in [-0.15, -0.1) is 0 Å². The Hall–Kier alpha value is -4.57. The Bertz CT molecular complexity index is 1790. The maximum Gasteiger partial charge on any atom is 0.301 e. The lowest BCUT2D eigenvalue weighted by Gasteiger charge is -2.24. The van der Waals surface area contributed by atoms with Crippen LogP contribution in [0.25, 0.3) is 16.0 Å². The van der Waals surface area contributed by atoms with Crippen molar-refractivity contribution in [2.45, 2.75) is 46.1 Å². The van der Waals surface area contributed by atoms with E-state index >= 15 is 0 Å². The van der Waals surface area contributed by atoms with Gasteiger partial charge in [-0.1, -0.05) is 43.2 Å². The zero-order valence-corrected chi connectivity index (χ0v) is 26.0. The van der Waals surface area contributed by atoms with Crippen LogP contribution in [0.3, 0.4) is 0 Å². The van der Waals surface area contributed by atoms with E-state index in [9.17, 15) is 14.7 Å². The molecule has 9 nitrogen and oxygen atoms in total. The van der Waals surface area contributed by atoms with E-state index in [0.29, 0.717) is 59.1 Å². The molecule has 0 spiro atoms. The average molecular weight is 615 g/mol. The third-order valence-electron chi connectivity index (χ3n) is 7.79.